The van der Waals surface area contributed by atoms with Gasteiger partial charge >= 0.3 is 5.97 Å². The third kappa shape index (κ3) is 5.09. The number of carboxylic acid groups (broad SMARTS) is 1. The summed E-state index contributed by atoms with van der Waals surface area (Å²) in [7, 11) is -3.85. The van der Waals surface area contributed by atoms with Crippen LogP contribution in [0.3, 0.4) is 0 Å². The second-order valence-corrected chi connectivity index (χ2v) is 10.7. The number of benzene rings is 2. The van der Waals surface area contributed by atoms with Gasteiger partial charge in [-0.05, 0) is 36.6 Å². The molecule has 3 rings (SSSR count). The molecule has 1 unspecified atom stereocenters. The van der Waals surface area contributed by atoms with Crippen molar-refractivity contribution in [1.82, 2.24) is 9.62 Å². The molecule has 1 fully saturated rings. The molecule has 1 aliphatic rings. The predicted octanol–water partition coefficient (Wildman–Crippen LogP) is 3.55. The highest BCUT2D eigenvalue weighted by molar-refractivity contribution is 7.89. The molecule has 7 nitrogen and oxygen atoms in total. The van der Waals surface area contributed by atoms with Gasteiger partial charge in [0.15, 0.2) is 0 Å². The number of carbonyl (C=O) groups excluding carboxylic acids is 1. The number of carboxylic acids is 1. The summed E-state index contributed by atoms with van der Waals surface area (Å²) >= 11 is 12.0. The molecule has 1 heterocycles. The molecular formula is C22H24Cl2N2O5S. The van der Waals surface area contributed by atoms with Crippen molar-refractivity contribution in [2.75, 3.05) is 19.6 Å². The highest BCUT2D eigenvalue weighted by Crippen LogP contribution is 2.38. The number of nitrogens with zero attached hydrogens (tertiary/aromatic N) is 1. The number of piperidine rings is 1. The topological polar surface area (TPSA) is 104 Å². The standard InChI is InChI=1S/C22H24Cl2N2O5S/c1-15(20(27)28)14-25-21(29)22(16-5-3-2-4-6-16)7-9-26(10-8-22)32(30,31)19-12-17(23)11-18(24)13-19/h2-6,11-13,15H,7-10,14H2,1H3,(H,25,29)(H,27,28). The van der Waals surface area contributed by atoms with Crippen molar-refractivity contribution in [2.45, 2.75) is 30.1 Å². The van der Waals surface area contributed by atoms with Gasteiger partial charge in [0.05, 0.1) is 16.2 Å². The van der Waals surface area contributed by atoms with E-state index in [-0.39, 0.29) is 53.3 Å². The van der Waals surface area contributed by atoms with Crippen molar-refractivity contribution in [3.05, 3.63) is 64.1 Å². The van der Waals surface area contributed by atoms with Crippen LogP contribution in [0.2, 0.25) is 10.0 Å². The van der Waals surface area contributed by atoms with E-state index in [2.05, 4.69) is 5.32 Å². The zero-order chi connectivity index (χ0) is 23.5. The van der Waals surface area contributed by atoms with Gasteiger partial charge in [0, 0.05) is 29.7 Å². The van der Waals surface area contributed by atoms with Crippen molar-refractivity contribution in [3.8, 4) is 0 Å². The van der Waals surface area contributed by atoms with E-state index >= 15 is 0 Å². The molecule has 2 aromatic carbocycles. The van der Waals surface area contributed by atoms with Gasteiger partial charge in [-0.1, -0.05) is 60.5 Å². The Morgan fingerprint density at radius 1 is 1.09 bits per heavy atom. The molecule has 2 aromatic rings. The Hall–Kier alpha value is -2.13. The second-order valence-electron chi connectivity index (χ2n) is 7.91. The first-order chi connectivity index (χ1) is 15.1. The first-order valence-electron chi connectivity index (χ1n) is 10.1. The molecule has 0 aromatic heterocycles. The van der Waals surface area contributed by atoms with Gasteiger partial charge in [-0.25, -0.2) is 8.42 Å². The van der Waals surface area contributed by atoms with E-state index in [4.69, 9.17) is 28.3 Å². The number of amides is 1. The van der Waals surface area contributed by atoms with Crippen LogP contribution in [0.4, 0.5) is 0 Å². The van der Waals surface area contributed by atoms with E-state index in [1.807, 2.05) is 30.3 Å². The van der Waals surface area contributed by atoms with E-state index < -0.39 is 27.3 Å². The van der Waals surface area contributed by atoms with Crippen LogP contribution in [0.5, 0.6) is 0 Å². The highest BCUT2D eigenvalue weighted by atomic mass is 35.5. The fraction of sp³-hybridized carbons (Fsp3) is 0.364. The summed E-state index contributed by atoms with van der Waals surface area (Å²) in [6.45, 7) is 1.74. The Bertz CT molecular complexity index is 1080. The third-order valence-electron chi connectivity index (χ3n) is 5.80. The van der Waals surface area contributed by atoms with Crippen LogP contribution in [0.1, 0.15) is 25.3 Å². The molecule has 0 radical (unpaired) electrons. The van der Waals surface area contributed by atoms with E-state index in [0.29, 0.717) is 0 Å². The van der Waals surface area contributed by atoms with Crippen LogP contribution < -0.4 is 5.32 Å². The summed E-state index contributed by atoms with van der Waals surface area (Å²) in [5, 5.41) is 12.3. The molecule has 1 atom stereocenters. The molecular weight excluding hydrogens is 475 g/mol. The number of sulfonamides is 1. The Balaban J connectivity index is 1.85. The quantitative estimate of drug-likeness (QED) is 0.607. The number of carbonyl (C=O) groups is 2. The van der Waals surface area contributed by atoms with Crippen molar-refractivity contribution < 1.29 is 23.1 Å². The van der Waals surface area contributed by atoms with Gasteiger partial charge in [-0.15, -0.1) is 0 Å². The van der Waals surface area contributed by atoms with Crippen molar-refractivity contribution in [2.24, 2.45) is 5.92 Å². The van der Waals surface area contributed by atoms with Crippen LogP contribution >= 0.6 is 23.2 Å². The fourth-order valence-electron chi connectivity index (χ4n) is 3.84. The minimum absolute atomic E-state index is 0.00180. The van der Waals surface area contributed by atoms with Crippen molar-refractivity contribution in [3.63, 3.8) is 0 Å². The van der Waals surface area contributed by atoms with Crippen LogP contribution in [0.15, 0.2) is 53.4 Å². The number of aliphatic carboxylic acids is 1. The number of rotatable bonds is 7. The Kier molecular flexibility index (Phi) is 7.50. The molecule has 172 valence electrons. The maximum Gasteiger partial charge on any atom is 0.308 e. The number of nitrogens with one attached hydrogen (secondary N) is 1. The Morgan fingerprint density at radius 3 is 2.19 bits per heavy atom. The third-order valence-corrected chi connectivity index (χ3v) is 8.11. The van der Waals surface area contributed by atoms with E-state index in [1.165, 1.54) is 29.4 Å². The fourth-order valence-corrected chi connectivity index (χ4v) is 6.01. The summed E-state index contributed by atoms with van der Waals surface area (Å²) in [5.74, 6) is -2.04. The summed E-state index contributed by atoms with van der Waals surface area (Å²) in [6, 6.07) is 13.3. The maximum atomic E-state index is 13.3. The minimum atomic E-state index is -3.85. The van der Waals surface area contributed by atoms with Crippen LogP contribution in [-0.4, -0.2) is 49.3 Å². The lowest BCUT2D eigenvalue weighted by molar-refractivity contribution is -0.141. The summed E-state index contributed by atoms with van der Waals surface area (Å²) in [4.78, 5) is 24.4. The van der Waals surface area contributed by atoms with Gasteiger partial charge in [0.1, 0.15) is 0 Å². The monoisotopic (exact) mass is 498 g/mol. The maximum absolute atomic E-state index is 13.3. The van der Waals surface area contributed by atoms with Crippen LogP contribution in [0, 0.1) is 5.92 Å². The largest absolute Gasteiger partial charge is 0.481 e. The van der Waals surface area contributed by atoms with E-state index in [0.717, 1.165) is 5.56 Å². The highest BCUT2D eigenvalue weighted by Gasteiger charge is 2.45. The molecule has 0 aliphatic carbocycles. The molecule has 1 saturated heterocycles. The lowest BCUT2D eigenvalue weighted by Crippen LogP contribution is -2.53. The summed E-state index contributed by atoms with van der Waals surface area (Å²) < 4.78 is 27.6. The molecule has 2 N–H and O–H groups in total. The van der Waals surface area contributed by atoms with Gasteiger partial charge in [-0.2, -0.15) is 4.31 Å². The molecule has 1 aliphatic heterocycles. The Labute approximate surface area is 197 Å². The normalized spacial score (nSPS) is 17.5. The van der Waals surface area contributed by atoms with E-state index in [9.17, 15) is 18.0 Å². The van der Waals surface area contributed by atoms with Gasteiger partial charge in [-0.3, -0.25) is 9.59 Å². The van der Waals surface area contributed by atoms with Gasteiger partial charge in [0.2, 0.25) is 15.9 Å². The summed E-state index contributed by atoms with van der Waals surface area (Å²) in [6.07, 6.45) is 0.496. The lowest BCUT2D eigenvalue weighted by Gasteiger charge is -2.40. The summed E-state index contributed by atoms with van der Waals surface area (Å²) in [5.41, 5.74) is -0.194. The van der Waals surface area contributed by atoms with E-state index in [1.54, 1.807) is 0 Å². The molecule has 0 spiro atoms. The van der Waals surface area contributed by atoms with Crippen LogP contribution in [-0.2, 0) is 25.0 Å². The van der Waals surface area contributed by atoms with Crippen LogP contribution in [0.25, 0.3) is 0 Å². The molecule has 32 heavy (non-hydrogen) atoms. The lowest BCUT2D eigenvalue weighted by atomic mass is 9.72. The first-order valence-corrected chi connectivity index (χ1v) is 12.3. The number of halogens is 2. The number of hydrogen-bond donors (Lipinski definition) is 2. The average molecular weight is 499 g/mol. The smallest absolute Gasteiger partial charge is 0.308 e. The van der Waals surface area contributed by atoms with Crippen molar-refractivity contribution >= 4 is 45.1 Å². The minimum Gasteiger partial charge on any atom is -0.481 e. The number of hydrogen-bond acceptors (Lipinski definition) is 4. The zero-order valence-corrected chi connectivity index (χ0v) is 19.8. The predicted molar refractivity (Wildman–Crippen MR) is 122 cm³/mol. The first kappa shape index (κ1) is 24.5. The Morgan fingerprint density at radius 2 is 1.66 bits per heavy atom. The molecule has 1 amide bonds. The molecule has 0 bridgehead atoms. The van der Waals surface area contributed by atoms with Gasteiger partial charge in [0.25, 0.3) is 0 Å². The average Bonchev–Trinajstić information content (AvgIpc) is 2.77. The van der Waals surface area contributed by atoms with Crippen molar-refractivity contribution in [1.29, 1.82) is 0 Å². The zero-order valence-electron chi connectivity index (χ0n) is 17.4. The molecule has 0 saturated carbocycles. The molecule has 10 heteroatoms. The second kappa shape index (κ2) is 9.79. The SMILES string of the molecule is CC(CNC(=O)C1(c2ccccc2)CCN(S(=O)(=O)c2cc(Cl)cc(Cl)c2)CC1)C(=O)O. The van der Waals surface area contributed by atoms with Gasteiger partial charge < -0.3 is 10.4 Å².